The third kappa shape index (κ3) is 3.92. The van der Waals surface area contributed by atoms with Gasteiger partial charge in [-0.2, -0.15) is 0 Å². The summed E-state index contributed by atoms with van der Waals surface area (Å²) in [4.78, 5) is 3.84. The highest BCUT2D eigenvalue weighted by Crippen LogP contribution is 2.58. The van der Waals surface area contributed by atoms with Crippen molar-refractivity contribution < 1.29 is 13.9 Å². The van der Waals surface area contributed by atoms with E-state index in [2.05, 4.69) is 90.8 Å². The summed E-state index contributed by atoms with van der Waals surface area (Å²) < 4.78 is 19.3. The van der Waals surface area contributed by atoms with Gasteiger partial charge in [0.2, 0.25) is 14.1 Å². The van der Waals surface area contributed by atoms with Crippen LogP contribution in [-0.2, 0) is 26.1 Å². The molecule has 1 spiro atoms. The molecular formula is C28H36O3S2Si. The van der Waals surface area contributed by atoms with E-state index in [1.54, 1.807) is 11.3 Å². The zero-order valence-electron chi connectivity index (χ0n) is 21.8. The van der Waals surface area contributed by atoms with Crippen molar-refractivity contribution in [1.82, 2.24) is 0 Å². The van der Waals surface area contributed by atoms with Gasteiger partial charge >= 0.3 is 0 Å². The Morgan fingerprint density at radius 3 is 1.97 bits per heavy atom. The molecule has 2 aromatic heterocycles. The van der Waals surface area contributed by atoms with Crippen molar-refractivity contribution in [2.75, 3.05) is 13.2 Å². The van der Waals surface area contributed by atoms with E-state index < -0.39 is 14.1 Å². The van der Waals surface area contributed by atoms with Gasteiger partial charge in [0, 0.05) is 16.0 Å². The number of hydrogen-bond acceptors (Lipinski definition) is 5. The van der Waals surface area contributed by atoms with Crippen LogP contribution in [0.4, 0.5) is 0 Å². The molecule has 182 valence electrons. The van der Waals surface area contributed by atoms with Crippen LogP contribution in [0.2, 0.25) is 19.6 Å². The fourth-order valence-electron chi connectivity index (χ4n) is 4.86. The minimum atomic E-state index is -1.80. The van der Waals surface area contributed by atoms with E-state index in [9.17, 15) is 0 Å². The molecule has 0 N–H and O–H groups in total. The summed E-state index contributed by atoms with van der Waals surface area (Å²) in [6.45, 7) is 21.8. The van der Waals surface area contributed by atoms with E-state index in [0.29, 0.717) is 13.2 Å². The van der Waals surface area contributed by atoms with Crippen molar-refractivity contribution in [1.29, 1.82) is 0 Å². The van der Waals surface area contributed by atoms with Crippen LogP contribution in [-0.4, -0.2) is 21.5 Å². The van der Waals surface area contributed by atoms with Crippen LogP contribution in [0.3, 0.4) is 0 Å². The molecule has 0 bridgehead atoms. The molecule has 34 heavy (non-hydrogen) atoms. The fourth-order valence-corrected chi connectivity index (χ4v) is 7.99. The van der Waals surface area contributed by atoms with Crippen LogP contribution >= 0.6 is 22.7 Å². The topological polar surface area (TPSA) is 27.7 Å². The molecule has 3 nitrogen and oxygen atoms in total. The Labute approximate surface area is 213 Å². The summed E-state index contributed by atoms with van der Waals surface area (Å²) >= 11 is 3.64. The van der Waals surface area contributed by atoms with E-state index in [1.165, 1.54) is 42.4 Å². The maximum Gasteiger partial charge on any atom is 0.242 e. The van der Waals surface area contributed by atoms with Crippen molar-refractivity contribution in [2.45, 2.75) is 77.8 Å². The smallest absolute Gasteiger partial charge is 0.242 e. The summed E-state index contributed by atoms with van der Waals surface area (Å²) in [5.41, 5.74) is 6.09. The van der Waals surface area contributed by atoms with E-state index >= 15 is 0 Å². The second-order valence-corrected chi connectivity index (χ2v) is 18.8. The van der Waals surface area contributed by atoms with Gasteiger partial charge in [-0.1, -0.05) is 41.5 Å². The lowest BCUT2D eigenvalue weighted by molar-refractivity contribution is -0.126. The van der Waals surface area contributed by atoms with Crippen LogP contribution in [0.1, 0.15) is 63.8 Å². The van der Waals surface area contributed by atoms with Crippen molar-refractivity contribution in [3.05, 3.63) is 51.9 Å². The van der Waals surface area contributed by atoms with Crippen LogP contribution in [0.25, 0.3) is 20.2 Å². The summed E-state index contributed by atoms with van der Waals surface area (Å²) in [6.07, 6.45) is 0. The number of hydrogen-bond donors (Lipinski definition) is 0. The molecule has 3 heterocycles. The summed E-state index contributed by atoms with van der Waals surface area (Å²) in [5.74, 6) is 0.367. The standard InChI is InChI=1S/C28H36O3S2Si/c1-26(2,3)19-14-17(15-20(27(4,5)6)23(19)31-34(7,8)9)22-16-21-25(33-22)24-18(10-13-32-24)28(21)29-11-12-30-28/h10,13-16H,11-12H2,1-9H3. The third-order valence-corrected chi connectivity index (χ3v) is 9.48. The van der Waals surface area contributed by atoms with Gasteiger partial charge in [0.05, 0.1) is 23.0 Å². The Bertz CT molecular complexity index is 1210. The normalized spacial score (nSPS) is 17.3. The van der Waals surface area contributed by atoms with Crippen LogP contribution in [0.15, 0.2) is 29.6 Å². The average Bonchev–Trinajstić information content (AvgIpc) is 3.44. The number of thiophene rings is 2. The molecule has 6 heteroatoms. The number of fused-ring (bicyclic) bond motifs is 5. The Morgan fingerprint density at radius 2 is 1.44 bits per heavy atom. The zero-order chi connectivity index (χ0) is 24.7. The minimum Gasteiger partial charge on any atom is -0.544 e. The van der Waals surface area contributed by atoms with Gasteiger partial charge in [0.25, 0.3) is 0 Å². The van der Waals surface area contributed by atoms with Gasteiger partial charge in [-0.15, -0.1) is 22.7 Å². The molecule has 0 unspecified atom stereocenters. The fraction of sp³-hybridized carbons (Fsp3) is 0.500. The first kappa shape index (κ1) is 24.3. The Kier molecular flexibility index (Phi) is 5.55. The zero-order valence-corrected chi connectivity index (χ0v) is 24.5. The molecule has 1 aliphatic heterocycles. The Hall–Kier alpha value is -1.44. The van der Waals surface area contributed by atoms with Crippen LogP contribution < -0.4 is 4.43 Å². The number of benzene rings is 1. The highest BCUT2D eigenvalue weighted by atomic mass is 32.1. The highest BCUT2D eigenvalue weighted by molar-refractivity contribution is 7.23. The van der Waals surface area contributed by atoms with Gasteiger partial charge in [0.1, 0.15) is 5.75 Å². The molecule has 0 saturated carbocycles. The molecule has 0 atom stereocenters. The lowest BCUT2D eigenvalue weighted by atomic mass is 9.78. The van der Waals surface area contributed by atoms with Gasteiger partial charge in [0.15, 0.2) is 0 Å². The number of ether oxygens (including phenoxy) is 2. The first-order chi connectivity index (χ1) is 15.7. The lowest BCUT2D eigenvalue weighted by Gasteiger charge is -2.34. The molecule has 1 aromatic carbocycles. The van der Waals surface area contributed by atoms with Crippen LogP contribution in [0, 0.1) is 0 Å². The second-order valence-electron chi connectivity index (χ2n) is 12.4. The molecule has 1 fully saturated rings. The molecular weight excluding hydrogens is 477 g/mol. The summed E-state index contributed by atoms with van der Waals surface area (Å²) in [5, 5.41) is 2.15. The third-order valence-electron chi connectivity index (χ3n) is 6.40. The average molecular weight is 513 g/mol. The predicted molar refractivity (Wildman–Crippen MR) is 147 cm³/mol. The van der Waals surface area contributed by atoms with Gasteiger partial charge in [-0.25, -0.2) is 0 Å². The maximum atomic E-state index is 6.79. The second kappa shape index (κ2) is 7.78. The molecule has 5 rings (SSSR count). The number of rotatable bonds is 3. The Morgan fingerprint density at radius 1 is 0.853 bits per heavy atom. The molecule has 1 saturated heterocycles. The maximum absolute atomic E-state index is 6.79. The van der Waals surface area contributed by atoms with Crippen molar-refractivity contribution in [3.8, 4) is 25.9 Å². The molecule has 1 aliphatic carbocycles. The minimum absolute atomic E-state index is 0.0369. The van der Waals surface area contributed by atoms with E-state index in [4.69, 9.17) is 13.9 Å². The van der Waals surface area contributed by atoms with E-state index in [1.807, 2.05) is 11.3 Å². The quantitative estimate of drug-likeness (QED) is 0.329. The summed E-state index contributed by atoms with van der Waals surface area (Å²) in [7, 11) is -1.80. The lowest BCUT2D eigenvalue weighted by Crippen LogP contribution is -2.32. The largest absolute Gasteiger partial charge is 0.544 e. The first-order valence-corrected chi connectivity index (χ1v) is 17.2. The van der Waals surface area contributed by atoms with Crippen molar-refractivity contribution >= 4 is 31.0 Å². The Balaban J connectivity index is 1.72. The molecule has 2 aliphatic rings. The van der Waals surface area contributed by atoms with Crippen LogP contribution in [0.5, 0.6) is 5.75 Å². The predicted octanol–water partition coefficient (Wildman–Crippen LogP) is 8.51. The first-order valence-electron chi connectivity index (χ1n) is 12.1. The SMILES string of the molecule is CC(C)(C)c1cc(-c2cc3c(s2)-c2sccc2C32OCCO2)cc(C(C)(C)C)c1O[Si](C)(C)C. The van der Waals surface area contributed by atoms with E-state index in [-0.39, 0.29) is 10.8 Å². The molecule has 0 radical (unpaired) electrons. The van der Waals surface area contributed by atoms with E-state index in [0.717, 1.165) is 5.75 Å². The van der Waals surface area contributed by atoms with Gasteiger partial charge < -0.3 is 13.9 Å². The highest BCUT2D eigenvalue weighted by Gasteiger charge is 2.50. The monoisotopic (exact) mass is 512 g/mol. The van der Waals surface area contributed by atoms with Crippen molar-refractivity contribution in [2.24, 2.45) is 0 Å². The molecule has 0 amide bonds. The molecule has 3 aromatic rings. The summed E-state index contributed by atoms with van der Waals surface area (Å²) in [6, 6.07) is 9.20. The van der Waals surface area contributed by atoms with Gasteiger partial charge in [-0.05, 0) is 76.8 Å². The van der Waals surface area contributed by atoms with Gasteiger partial charge in [-0.3, -0.25) is 0 Å². The van der Waals surface area contributed by atoms with Crippen molar-refractivity contribution in [3.63, 3.8) is 0 Å².